The molecule has 0 radical (unpaired) electrons. The molecule has 1 aliphatic heterocycles. The standard InChI is InChI=1S/C12H17NO/c1-2-13-7-3-4-11-8-10(9-14)5-6-12(11)13/h5-6,8,14H,2-4,7,9H2,1H3. The van der Waals surface area contributed by atoms with Crippen molar-refractivity contribution in [2.75, 3.05) is 18.0 Å². The largest absolute Gasteiger partial charge is 0.392 e. The lowest BCUT2D eigenvalue weighted by atomic mass is 9.99. The van der Waals surface area contributed by atoms with E-state index in [2.05, 4.69) is 24.0 Å². The molecular formula is C12H17NO. The van der Waals surface area contributed by atoms with Crippen LogP contribution >= 0.6 is 0 Å². The first-order chi connectivity index (χ1) is 6.85. The topological polar surface area (TPSA) is 23.5 Å². The summed E-state index contributed by atoms with van der Waals surface area (Å²) in [5, 5.41) is 9.05. The summed E-state index contributed by atoms with van der Waals surface area (Å²) in [5.74, 6) is 0. The number of rotatable bonds is 2. The fourth-order valence-corrected chi connectivity index (χ4v) is 2.16. The number of nitrogens with zero attached hydrogens (tertiary/aromatic N) is 1. The summed E-state index contributed by atoms with van der Waals surface area (Å²) in [5.41, 5.74) is 3.78. The van der Waals surface area contributed by atoms with E-state index in [0.29, 0.717) is 0 Å². The molecule has 0 saturated carbocycles. The van der Waals surface area contributed by atoms with Crippen LogP contribution in [0.4, 0.5) is 5.69 Å². The van der Waals surface area contributed by atoms with Crippen molar-refractivity contribution in [2.45, 2.75) is 26.4 Å². The summed E-state index contributed by atoms with van der Waals surface area (Å²) in [6.45, 7) is 4.59. The zero-order valence-electron chi connectivity index (χ0n) is 8.66. The molecule has 2 rings (SSSR count). The predicted molar refractivity (Wildman–Crippen MR) is 58.6 cm³/mol. The third kappa shape index (κ3) is 1.62. The highest BCUT2D eigenvalue weighted by Crippen LogP contribution is 2.27. The van der Waals surface area contributed by atoms with Crippen LogP contribution < -0.4 is 4.90 Å². The quantitative estimate of drug-likeness (QED) is 0.772. The molecule has 1 N–H and O–H groups in total. The van der Waals surface area contributed by atoms with Crippen molar-refractivity contribution in [1.82, 2.24) is 0 Å². The van der Waals surface area contributed by atoms with Crippen LogP contribution in [0.3, 0.4) is 0 Å². The molecule has 0 amide bonds. The van der Waals surface area contributed by atoms with Gasteiger partial charge in [-0.15, -0.1) is 0 Å². The lowest BCUT2D eigenvalue weighted by Crippen LogP contribution is -2.28. The van der Waals surface area contributed by atoms with Gasteiger partial charge in [0.1, 0.15) is 0 Å². The van der Waals surface area contributed by atoms with E-state index in [1.54, 1.807) is 0 Å². The molecule has 0 aromatic heterocycles. The Morgan fingerprint density at radius 2 is 2.29 bits per heavy atom. The minimum absolute atomic E-state index is 0.152. The Balaban J connectivity index is 2.35. The van der Waals surface area contributed by atoms with Gasteiger partial charge in [0, 0.05) is 18.8 Å². The van der Waals surface area contributed by atoms with Crippen LogP contribution in [-0.2, 0) is 13.0 Å². The van der Waals surface area contributed by atoms with Crippen LogP contribution in [0.15, 0.2) is 18.2 Å². The molecule has 14 heavy (non-hydrogen) atoms. The fraction of sp³-hybridized carbons (Fsp3) is 0.500. The predicted octanol–water partition coefficient (Wildman–Crippen LogP) is 1.95. The second-order valence-corrected chi connectivity index (χ2v) is 3.80. The molecule has 1 aliphatic rings. The van der Waals surface area contributed by atoms with Gasteiger partial charge < -0.3 is 10.0 Å². The van der Waals surface area contributed by atoms with E-state index in [9.17, 15) is 0 Å². The van der Waals surface area contributed by atoms with Gasteiger partial charge in [0.25, 0.3) is 0 Å². The van der Waals surface area contributed by atoms with Crippen LogP contribution in [0, 0.1) is 0 Å². The molecule has 1 heterocycles. The van der Waals surface area contributed by atoms with Crippen molar-refractivity contribution in [3.05, 3.63) is 29.3 Å². The fourth-order valence-electron chi connectivity index (χ4n) is 2.16. The number of aliphatic hydroxyl groups is 1. The maximum absolute atomic E-state index is 9.05. The Morgan fingerprint density at radius 1 is 1.43 bits per heavy atom. The van der Waals surface area contributed by atoms with Gasteiger partial charge in [0.2, 0.25) is 0 Å². The number of aryl methyl sites for hydroxylation is 1. The van der Waals surface area contributed by atoms with E-state index in [4.69, 9.17) is 5.11 Å². The molecule has 1 aromatic rings. The number of hydrogen-bond acceptors (Lipinski definition) is 2. The number of hydrogen-bond donors (Lipinski definition) is 1. The van der Waals surface area contributed by atoms with E-state index in [0.717, 1.165) is 18.5 Å². The number of fused-ring (bicyclic) bond motifs is 1. The van der Waals surface area contributed by atoms with Crippen LogP contribution in [0.2, 0.25) is 0 Å². The normalized spacial score (nSPS) is 15.4. The summed E-state index contributed by atoms with van der Waals surface area (Å²) in [7, 11) is 0. The number of benzene rings is 1. The number of aliphatic hydroxyl groups excluding tert-OH is 1. The molecule has 2 nitrogen and oxygen atoms in total. The Bertz CT molecular complexity index is 322. The average Bonchev–Trinajstić information content (AvgIpc) is 2.27. The van der Waals surface area contributed by atoms with Gasteiger partial charge >= 0.3 is 0 Å². The highest BCUT2D eigenvalue weighted by Gasteiger charge is 2.14. The Morgan fingerprint density at radius 3 is 3.00 bits per heavy atom. The van der Waals surface area contributed by atoms with Crippen LogP contribution in [0.25, 0.3) is 0 Å². The van der Waals surface area contributed by atoms with E-state index < -0.39 is 0 Å². The van der Waals surface area contributed by atoms with Gasteiger partial charge in [-0.05, 0) is 37.0 Å². The highest BCUT2D eigenvalue weighted by atomic mass is 16.3. The first-order valence-corrected chi connectivity index (χ1v) is 5.32. The van der Waals surface area contributed by atoms with Crippen LogP contribution in [0.1, 0.15) is 24.5 Å². The third-order valence-corrected chi connectivity index (χ3v) is 2.92. The second-order valence-electron chi connectivity index (χ2n) is 3.80. The lowest BCUT2D eigenvalue weighted by molar-refractivity contribution is 0.281. The van der Waals surface area contributed by atoms with Gasteiger partial charge in [0.15, 0.2) is 0 Å². The summed E-state index contributed by atoms with van der Waals surface area (Å²) >= 11 is 0. The van der Waals surface area contributed by atoms with Gasteiger partial charge in [-0.1, -0.05) is 12.1 Å². The van der Waals surface area contributed by atoms with Crippen molar-refractivity contribution in [2.24, 2.45) is 0 Å². The minimum atomic E-state index is 0.152. The molecule has 0 aliphatic carbocycles. The first-order valence-electron chi connectivity index (χ1n) is 5.32. The molecule has 1 aromatic carbocycles. The van der Waals surface area contributed by atoms with E-state index in [-0.39, 0.29) is 6.61 Å². The maximum atomic E-state index is 9.05. The third-order valence-electron chi connectivity index (χ3n) is 2.92. The van der Waals surface area contributed by atoms with E-state index in [1.165, 1.54) is 24.2 Å². The molecule has 0 spiro atoms. The average molecular weight is 191 g/mol. The molecule has 0 fully saturated rings. The van der Waals surface area contributed by atoms with Gasteiger partial charge in [-0.3, -0.25) is 0 Å². The zero-order chi connectivity index (χ0) is 9.97. The van der Waals surface area contributed by atoms with Crippen molar-refractivity contribution >= 4 is 5.69 Å². The van der Waals surface area contributed by atoms with Crippen molar-refractivity contribution < 1.29 is 5.11 Å². The van der Waals surface area contributed by atoms with Crippen molar-refractivity contribution in [3.8, 4) is 0 Å². The van der Waals surface area contributed by atoms with Gasteiger partial charge in [0.05, 0.1) is 6.61 Å². The first kappa shape index (κ1) is 9.53. The van der Waals surface area contributed by atoms with E-state index >= 15 is 0 Å². The molecule has 0 atom stereocenters. The molecule has 0 bridgehead atoms. The molecule has 0 saturated heterocycles. The molecular weight excluding hydrogens is 174 g/mol. The minimum Gasteiger partial charge on any atom is -0.392 e. The maximum Gasteiger partial charge on any atom is 0.0681 e. The summed E-state index contributed by atoms with van der Waals surface area (Å²) in [6, 6.07) is 6.30. The molecule has 0 unspecified atom stereocenters. The Kier molecular flexibility index (Phi) is 2.73. The number of anilines is 1. The van der Waals surface area contributed by atoms with Crippen LogP contribution in [0.5, 0.6) is 0 Å². The summed E-state index contributed by atoms with van der Waals surface area (Å²) in [6.07, 6.45) is 2.38. The van der Waals surface area contributed by atoms with Gasteiger partial charge in [-0.25, -0.2) is 0 Å². The SMILES string of the molecule is CCN1CCCc2cc(CO)ccc21. The van der Waals surface area contributed by atoms with Crippen molar-refractivity contribution in [3.63, 3.8) is 0 Å². The van der Waals surface area contributed by atoms with Crippen molar-refractivity contribution in [1.29, 1.82) is 0 Å². The lowest BCUT2D eigenvalue weighted by Gasteiger charge is -2.30. The monoisotopic (exact) mass is 191 g/mol. The molecule has 2 heteroatoms. The summed E-state index contributed by atoms with van der Waals surface area (Å²) < 4.78 is 0. The zero-order valence-corrected chi connectivity index (χ0v) is 8.66. The van der Waals surface area contributed by atoms with Crippen LogP contribution in [-0.4, -0.2) is 18.2 Å². The smallest absolute Gasteiger partial charge is 0.0681 e. The second kappa shape index (κ2) is 4.01. The Hall–Kier alpha value is -1.02. The van der Waals surface area contributed by atoms with E-state index in [1.807, 2.05) is 6.07 Å². The summed E-state index contributed by atoms with van der Waals surface area (Å²) in [4.78, 5) is 2.40. The van der Waals surface area contributed by atoms with Gasteiger partial charge in [-0.2, -0.15) is 0 Å². The highest BCUT2D eigenvalue weighted by molar-refractivity contribution is 5.56. The molecule has 76 valence electrons. The Labute approximate surface area is 85.2 Å².